The SMILES string of the molecule is CC(=O)c1ccc(Oc2cccc(C)c2F)cc1[N+](=O)[O-]. The summed E-state index contributed by atoms with van der Waals surface area (Å²) >= 11 is 0. The molecule has 2 rings (SSSR count). The average Bonchev–Trinajstić information content (AvgIpc) is 2.43. The van der Waals surface area contributed by atoms with Crippen LogP contribution in [0.3, 0.4) is 0 Å². The summed E-state index contributed by atoms with van der Waals surface area (Å²) in [4.78, 5) is 21.6. The van der Waals surface area contributed by atoms with Crippen LogP contribution in [-0.2, 0) is 0 Å². The van der Waals surface area contributed by atoms with Gasteiger partial charge in [0.25, 0.3) is 5.69 Å². The molecule has 0 aliphatic carbocycles. The number of hydrogen-bond acceptors (Lipinski definition) is 4. The molecule has 0 saturated heterocycles. The van der Waals surface area contributed by atoms with Crippen LogP contribution in [-0.4, -0.2) is 10.7 Å². The molecule has 0 radical (unpaired) electrons. The summed E-state index contributed by atoms with van der Waals surface area (Å²) in [6.45, 7) is 2.83. The number of halogens is 1. The van der Waals surface area contributed by atoms with Crippen LogP contribution in [0.15, 0.2) is 36.4 Å². The molecule has 2 aromatic carbocycles. The van der Waals surface area contributed by atoms with E-state index in [4.69, 9.17) is 4.74 Å². The van der Waals surface area contributed by atoms with Crippen molar-refractivity contribution in [2.75, 3.05) is 0 Å². The largest absolute Gasteiger partial charge is 0.454 e. The van der Waals surface area contributed by atoms with Gasteiger partial charge in [0, 0.05) is 0 Å². The molecule has 0 spiro atoms. The zero-order chi connectivity index (χ0) is 15.6. The van der Waals surface area contributed by atoms with E-state index in [-0.39, 0.29) is 22.7 Å². The second-order valence-electron chi connectivity index (χ2n) is 4.48. The predicted molar refractivity (Wildman–Crippen MR) is 74.3 cm³/mol. The van der Waals surface area contributed by atoms with E-state index < -0.39 is 16.5 Å². The molecule has 2 aromatic rings. The van der Waals surface area contributed by atoms with Crippen molar-refractivity contribution in [2.45, 2.75) is 13.8 Å². The number of hydrogen-bond donors (Lipinski definition) is 0. The lowest BCUT2D eigenvalue weighted by Gasteiger charge is -2.09. The third kappa shape index (κ3) is 3.05. The van der Waals surface area contributed by atoms with E-state index >= 15 is 0 Å². The molecule has 21 heavy (non-hydrogen) atoms. The summed E-state index contributed by atoms with van der Waals surface area (Å²) in [5.74, 6) is -0.887. The first kappa shape index (κ1) is 14.6. The third-order valence-corrected chi connectivity index (χ3v) is 2.93. The quantitative estimate of drug-likeness (QED) is 0.484. The fourth-order valence-corrected chi connectivity index (χ4v) is 1.85. The van der Waals surface area contributed by atoms with Gasteiger partial charge in [0.1, 0.15) is 5.75 Å². The normalized spacial score (nSPS) is 10.2. The van der Waals surface area contributed by atoms with Crippen LogP contribution in [0.4, 0.5) is 10.1 Å². The Hall–Kier alpha value is -2.76. The van der Waals surface area contributed by atoms with Gasteiger partial charge in [-0.05, 0) is 37.6 Å². The van der Waals surface area contributed by atoms with E-state index in [1.54, 1.807) is 19.1 Å². The summed E-state index contributed by atoms with van der Waals surface area (Å²) in [6.07, 6.45) is 0. The molecule has 6 heteroatoms. The first-order valence-corrected chi connectivity index (χ1v) is 6.12. The van der Waals surface area contributed by atoms with Gasteiger partial charge in [0.15, 0.2) is 17.3 Å². The Bertz CT molecular complexity index is 728. The Kier molecular flexibility index (Phi) is 3.98. The summed E-state index contributed by atoms with van der Waals surface area (Å²) in [5.41, 5.74) is 0.0208. The number of Topliss-reactive ketones (excluding diaryl/α,β-unsaturated/α-hetero) is 1. The number of benzene rings is 2. The molecule has 5 nitrogen and oxygen atoms in total. The molecule has 0 aromatic heterocycles. The van der Waals surface area contributed by atoms with Gasteiger partial charge in [-0.1, -0.05) is 12.1 Å². The minimum atomic E-state index is -0.670. The number of nitrogens with zero attached hydrogens (tertiary/aromatic N) is 1. The number of carbonyl (C=O) groups excluding carboxylic acids is 1. The maximum Gasteiger partial charge on any atom is 0.283 e. The number of ketones is 1. The van der Waals surface area contributed by atoms with Crippen molar-refractivity contribution in [3.8, 4) is 11.5 Å². The summed E-state index contributed by atoms with van der Waals surface area (Å²) < 4.78 is 19.2. The van der Waals surface area contributed by atoms with Crippen molar-refractivity contribution >= 4 is 11.5 Å². The van der Waals surface area contributed by atoms with Crippen LogP contribution in [0, 0.1) is 22.9 Å². The highest BCUT2D eigenvalue weighted by molar-refractivity contribution is 5.98. The highest BCUT2D eigenvalue weighted by Gasteiger charge is 2.19. The zero-order valence-corrected chi connectivity index (χ0v) is 11.4. The highest BCUT2D eigenvalue weighted by Crippen LogP contribution is 2.30. The Morgan fingerprint density at radius 1 is 1.29 bits per heavy atom. The summed E-state index contributed by atoms with van der Waals surface area (Å²) in [7, 11) is 0. The van der Waals surface area contributed by atoms with Crippen LogP contribution in [0.5, 0.6) is 11.5 Å². The molecule has 0 bridgehead atoms. The monoisotopic (exact) mass is 289 g/mol. The van der Waals surface area contributed by atoms with Gasteiger partial charge in [-0.2, -0.15) is 0 Å². The smallest absolute Gasteiger partial charge is 0.283 e. The first-order chi connectivity index (χ1) is 9.90. The molecule has 0 aliphatic rings. The standard InChI is InChI=1S/C15H12FNO4/c1-9-4-3-5-14(15(9)16)21-11-6-7-12(10(2)18)13(8-11)17(19)20/h3-8H,1-2H3. The lowest BCUT2D eigenvalue weighted by atomic mass is 10.1. The molecular weight excluding hydrogens is 277 g/mol. The Balaban J connectivity index is 2.42. The molecule has 0 fully saturated rings. The fourth-order valence-electron chi connectivity index (χ4n) is 1.85. The van der Waals surface area contributed by atoms with Gasteiger partial charge >= 0.3 is 0 Å². The van der Waals surface area contributed by atoms with Crippen molar-refractivity contribution in [2.24, 2.45) is 0 Å². The van der Waals surface area contributed by atoms with Crippen LogP contribution in [0.1, 0.15) is 22.8 Å². The molecule has 108 valence electrons. The van der Waals surface area contributed by atoms with Gasteiger partial charge in [-0.15, -0.1) is 0 Å². The number of rotatable bonds is 4. The number of aryl methyl sites for hydroxylation is 1. The van der Waals surface area contributed by atoms with Gasteiger partial charge in [0.05, 0.1) is 16.6 Å². The van der Waals surface area contributed by atoms with Gasteiger partial charge in [-0.25, -0.2) is 4.39 Å². The van der Waals surface area contributed by atoms with Crippen LogP contribution < -0.4 is 4.74 Å². The average molecular weight is 289 g/mol. The Morgan fingerprint density at radius 3 is 2.62 bits per heavy atom. The molecular formula is C15H12FNO4. The van der Waals surface area contributed by atoms with E-state index in [0.29, 0.717) is 5.56 Å². The van der Waals surface area contributed by atoms with E-state index in [0.717, 1.165) is 6.07 Å². The van der Waals surface area contributed by atoms with E-state index in [2.05, 4.69) is 0 Å². The number of nitro benzene ring substituents is 1. The molecule has 0 atom stereocenters. The number of ether oxygens (including phenoxy) is 1. The lowest BCUT2D eigenvalue weighted by molar-refractivity contribution is -0.385. The first-order valence-electron chi connectivity index (χ1n) is 6.12. The molecule has 0 N–H and O–H groups in total. The second kappa shape index (κ2) is 5.70. The Morgan fingerprint density at radius 2 is 2.00 bits per heavy atom. The minimum absolute atomic E-state index is 0.0166. The highest BCUT2D eigenvalue weighted by atomic mass is 19.1. The topological polar surface area (TPSA) is 69.4 Å². The molecule has 0 heterocycles. The fraction of sp³-hybridized carbons (Fsp3) is 0.133. The van der Waals surface area contributed by atoms with Crippen molar-refractivity contribution in [3.05, 3.63) is 63.5 Å². The van der Waals surface area contributed by atoms with Crippen LogP contribution >= 0.6 is 0 Å². The molecule has 0 unspecified atom stereocenters. The van der Waals surface area contributed by atoms with Crippen molar-refractivity contribution in [3.63, 3.8) is 0 Å². The molecule has 0 aliphatic heterocycles. The Labute approximate surface area is 120 Å². The second-order valence-corrected chi connectivity index (χ2v) is 4.48. The van der Waals surface area contributed by atoms with E-state index in [1.165, 1.54) is 25.1 Å². The lowest BCUT2D eigenvalue weighted by Crippen LogP contribution is -2.00. The van der Waals surface area contributed by atoms with Crippen LogP contribution in [0.25, 0.3) is 0 Å². The minimum Gasteiger partial charge on any atom is -0.454 e. The molecule has 0 amide bonds. The summed E-state index contributed by atoms with van der Waals surface area (Å²) in [5, 5.41) is 11.0. The van der Waals surface area contributed by atoms with Crippen LogP contribution in [0.2, 0.25) is 0 Å². The van der Waals surface area contributed by atoms with Gasteiger partial charge in [0.2, 0.25) is 0 Å². The van der Waals surface area contributed by atoms with Crippen molar-refractivity contribution in [1.82, 2.24) is 0 Å². The maximum atomic E-state index is 13.8. The molecule has 0 saturated carbocycles. The van der Waals surface area contributed by atoms with E-state index in [1.807, 2.05) is 0 Å². The summed E-state index contributed by atoms with van der Waals surface area (Å²) in [6, 6.07) is 8.43. The number of carbonyl (C=O) groups is 1. The van der Waals surface area contributed by atoms with Crippen molar-refractivity contribution < 1.29 is 18.8 Å². The van der Waals surface area contributed by atoms with Gasteiger partial charge in [-0.3, -0.25) is 14.9 Å². The van der Waals surface area contributed by atoms with E-state index in [9.17, 15) is 19.3 Å². The van der Waals surface area contributed by atoms with Crippen molar-refractivity contribution in [1.29, 1.82) is 0 Å². The maximum absolute atomic E-state index is 13.8. The third-order valence-electron chi connectivity index (χ3n) is 2.93. The predicted octanol–water partition coefficient (Wildman–Crippen LogP) is 4.04. The van der Waals surface area contributed by atoms with Gasteiger partial charge < -0.3 is 4.74 Å². The number of nitro groups is 1. The zero-order valence-electron chi connectivity index (χ0n) is 11.4.